The van der Waals surface area contributed by atoms with Crippen LogP contribution in [0.5, 0.6) is 0 Å². The third kappa shape index (κ3) is 2.94. The molecule has 0 fully saturated rings. The standard InChI is InChI=1S/C19H17N3O2S2/c1-20-12-16-13-22(19(21-16)14-7-3-2-4-8-14)26(23,24)18-11-15-9-5-6-10-17(15)25-18/h2-11,13,20H,12H2,1H3. The quantitative estimate of drug-likeness (QED) is 0.570. The second-order valence-corrected chi connectivity index (χ2v) is 8.98. The Hall–Kier alpha value is -2.48. The summed E-state index contributed by atoms with van der Waals surface area (Å²) in [4.78, 5) is 4.54. The van der Waals surface area contributed by atoms with E-state index in [1.165, 1.54) is 15.3 Å². The molecule has 0 atom stereocenters. The van der Waals surface area contributed by atoms with Gasteiger partial charge in [0.25, 0.3) is 10.0 Å². The number of hydrogen-bond donors (Lipinski definition) is 1. The summed E-state index contributed by atoms with van der Waals surface area (Å²) in [5.41, 5.74) is 1.44. The molecule has 2 aromatic heterocycles. The Labute approximate surface area is 156 Å². The van der Waals surface area contributed by atoms with E-state index in [1.54, 1.807) is 12.3 Å². The molecule has 0 saturated carbocycles. The first-order valence-corrected chi connectivity index (χ1v) is 10.4. The van der Waals surface area contributed by atoms with Crippen LogP contribution in [0.3, 0.4) is 0 Å². The fourth-order valence-corrected chi connectivity index (χ4v) is 5.65. The molecule has 2 aromatic carbocycles. The number of benzene rings is 2. The summed E-state index contributed by atoms with van der Waals surface area (Å²) in [6, 6.07) is 18.8. The molecule has 0 saturated heterocycles. The highest BCUT2D eigenvalue weighted by Crippen LogP contribution is 2.32. The van der Waals surface area contributed by atoms with E-state index in [-0.39, 0.29) is 0 Å². The van der Waals surface area contributed by atoms with Gasteiger partial charge in [0.1, 0.15) is 4.21 Å². The van der Waals surface area contributed by atoms with Gasteiger partial charge in [-0.3, -0.25) is 0 Å². The zero-order chi connectivity index (χ0) is 18.1. The smallest absolute Gasteiger partial charge is 0.278 e. The Morgan fingerprint density at radius 2 is 1.81 bits per heavy atom. The van der Waals surface area contributed by atoms with Gasteiger partial charge in [-0.2, -0.15) is 8.42 Å². The van der Waals surface area contributed by atoms with Gasteiger partial charge in [-0.15, -0.1) is 11.3 Å². The molecule has 0 spiro atoms. The van der Waals surface area contributed by atoms with Crippen molar-refractivity contribution in [2.24, 2.45) is 0 Å². The molecule has 0 amide bonds. The van der Waals surface area contributed by atoms with Gasteiger partial charge in [-0.25, -0.2) is 8.96 Å². The fourth-order valence-electron chi connectivity index (χ4n) is 2.82. The number of hydrogen-bond acceptors (Lipinski definition) is 5. The Morgan fingerprint density at radius 1 is 1.08 bits per heavy atom. The highest BCUT2D eigenvalue weighted by Gasteiger charge is 2.25. The topological polar surface area (TPSA) is 64.0 Å². The summed E-state index contributed by atoms with van der Waals surface area (Å²) in [6.07, 6.45) is 1.60. The molecular weight excluding hydrogens is 366 g/mol. The van der Waals surface area contributed by atoms with Gasteiger partial charge in [-0.1, -0.05) is 48.5 Å². The lowest BCUT2D eigenvalue weighted by Crippen LogP contribution is -2.12. The average molecular weight is 383 g/mol. The van der Waals surface area contributed by atoms with E-state index >= 15 is 0 Å². The summed E-state index contributed by atoms with van der Waals surface area (Å²) in [5, 5.41) is 3.94. The van der Waals surface area contributed by atoms with E-state index in [4.69, 9.17) is 0 Å². The van der Waals surface area contributed by atoms with E-state index in [0.717, 1.165) is 15.6 Å². The summed E-state index contributed by atoms with van der Waals surface area (Å²) in [7, 11) is -1.92. The van der Waals surface area contributed by atoms with E-state index in [0.29, 0.717) is 22.3 Å². The molecule has 26 heavy (non-hydrogen) atoms. The molecule has 0 aliphatic rings. The molecule has 2 heterocycles. The van der Waals surface area contributed by atoms with Gasteiger partial charge in [0.05, 0.1) is 5.69 Å². The van der Waals surface area contributed by atoms with Crippen molar-refractivity contribution in [3.05, 3.63) is 72.6 Å². The van der Waals surface area contributed by atoms with Crippen LogP contribution < -0.4 is 5.32 Å². The Balaban J connectivity index is 1.90. The monoisotopic (exact) mass is 383 g/mol. The maximum absolute atomic E-state index is 13.3. The highest BCUT2D eigenvalue weighted by atomic mass is 32.2. The SMILES string of the molecule is CNCc1cn(S(=O)(=O)c2cc3ccccc3s2)c(-c2ccccc2)n1. The summed E-state index contributed by atoms with van der Waals surface area (Å²) in [5.74, 6) is 0.424. The van der Waals surface area contributed by atoms with Gasteiger partial charge in [-0.05, 0) is 24.6 Å². The first-order chi connectivity index (χ1) is 12.6. The number of imidazole rings is 1. The fraction of sp³-hybridized carbons (Fsp3) is 0.105. The van der Waals surface area contributed by atoms with Gasteiger partial charge in [0, 0.05) is 23.0 Å². The molecule has 0 aliphatic heterocycles. The third-order valence-electron chi connectivity index (χ3n) is 4.03. The summed E-state index contributed by atoms with van der Waals surface area (Å²) in [6.45, 7) is 0.495. The predicted octanol–water partition coefficient (Wildman–Crippen LogP) is 3.72. The van der Waals surface area contributed by atoms with E-state index in [9.17, 15) is 8.42 Å². The maximum atomic E-state index is 13.3. The largest absolute Gasteiger partial charge is 0.314 e. The first-order valence-electron chi connectivity index (χ1n) is 8.12. The molecule has 132 valence electrons. The molecule has 0 radical (unpaired) electrons. The highest BCUT2D eigenvalue weighted by molar-refractivity contribution is 7.92. The van der Waals surface area contributed by atoms with E-state index < -0.39 is 10.0 Å². The van der Waals surface area contributed by atoms with Gasteiger partial charge in [0.15, 0.2) is 5.82 Å². The molecular formula is C19H17N3O2S2. The zero-order valence-electron chi connectivity index (χ0n) is 14.1. The van der Waals surface area contributed by atoms with Crippen LogP contribution in [0, 0.1) is 0 Å². The van der Waals surface area contributed by atoms with Crippen molar-refractivity contribution in [1.29, 1.82) is 0 Å². The van der Waals surface area contributed by atoms with Crippen LogP contribution in [-0.2, 0) is 16.6 Å². The molecule has 7 heteroatoms. The first kappa shape index (κ1) is 17.0. The second-order valence-electron chi connectivity index (χ2n) is 5.86. The minimum Gasteiger partial charge on any atom is -0.314 e. The van der Waals surface area contributed by atoms with Crippen LogP contribution >= 0.6 is 11.3 Å². The lowest BCUT2D eigenvalue weighted by atomic mass is 10.2. The Kier molecular flexibility index (Phi) is 4.36. The molecule has 4 rings (SSSR count). The van der Waals surface area contributed by atoms with E-state index in [1.807, 2.05) is 61.6 Å². The van der Waals surface area contributed by atoms with Crippen LogP contribution in [0.4, 0.5) is 0 Å². The lowest BCUT2D eigenvalue weighted by Gasteiger charge is -2.07. The molecule has 0 unspecified atom stereocenters. The summed E-state index contributed by atoms with van der Waals surface area (Å²) >= 11 is 1.27. The van der Waals surface area contributed by atoms with Gasteiger partial charge >= 0.3 is 0 Å². The number of fused-ring (bicyclic) bond motifs is 1. The Morgan fingerprint density at radius 3 is 2.54 bits per heavy atom. The van der Waals surface area contributed by atoms with Crippen molar-refractivity contribution in [1.82, 2.24) is 14.3 Å². The van der Waals surface area contributed by atoms with Crippen LogP contribution in [0.15, 0.2) is 71.1 Å². The molecule has 0 bridgehead atoms. The van der Waals surface area contributed by atoms with Crippen molar-refractivity contribution in [3.8, 4) is 11.4 Å². The van der Waals surface area contributed by atoms with Crippen LogP contribution in [0.1, 0.15) is 5.69 Å². The maximum Gasteiger partial charge on any atom is 0.278 e. The third-order valence-corrected chi connectivity index (χ3v) is 7.25. The van der Waals surface area contributed by atoms with Crippen LogP contribution in [0.25, 0.3) is 21.5 Å². The number of rotatable bonds is 5. The van der Waals surface area contributed by atoms with Crippen molar-refractivity contribution in [2.45, 2.75) is 10.8 Å². The minimum absolute atomic E-state index is 0.310. The van der Waals surface area contributed by atoms with Crippen molar-refractivity contribution < 1.29 is 8.42 Å². The molecule has 1 N–H and O–H groups in total. The average Bonchev–Trinajstić information content (AvgIpc) is 3.28. The van der Waals surface area contributed by atoms with E-state index in [2.05, 4.69) is 10.3 Å². The van der Waals surface area contributed by atoms with Crippen molar-refractivity contribution >= 4 is 31.4 Å². The zero-order valence-corrected chi connectivity index (χ0v) is 15.7. The molecule has 5 nitrogen and oxygen atoms in total. The number of aromatic nitrogens is 2. The summed E-state index contributed by atoms with van der Waals surface area (Å²) < 4.78 is 29.2. The van der Waals surface area contributed by atoms with Crippen LogP contribution in [-0.4, -0.2) is 24.4 Å². The number of nitrogens with zero attached hydrogens (tertiary/aromatic N) is 2. The van der Waals surface area contributed by atoms with Gasteiger partial charge < -0.3 is 5.32 Å². The van der Waals surface area contributed by atoms with Gasteiger partial charge in [0.2, 0.25) is 0 Å². The lowest BCUT2D eigenvalue weighted by molar-refractivity contribution is 0.590. The minimum atomic E-state index is -3.73. The second kappa shape index (κ2) is 6.68. The predicted molar refractivity (Wildman–Crippen MR) is 105 cm³/mol. The molecule has 0 aliphatic carbocycles. The van der Waals surface area contributed by atoms with Crippen molar-refractivity contribution in [2.75, 3.05) is 7.05 Å². The normalized spacial score (nSPS) is 11.9. The Bertz CT molecular complexity index is 1130. The number of nitrogens with one attached hydrogen (secondary N) is 1. The molecule has 4 aromatic rings. The van der Waals surface area contributed by atoms with Crippen LogP contribution in [0.2, 0.25) is 0 Å². The number of thiophene rings is 1. The van der Waals surface area contributed by atoms with Crippen molar-refractivity contribution in [3.63, 3.8) is 0 Å².